The molecule has 0 aliphatic carbocycles. The molecule has 0 saturated carbocycles. The van der Waals surface area contributed by atoms with Gasteiger partial charge in [0, 0.05) is 19.6 Å². The molecule has 0 aromatic rings. The minimum Gasteiger partial charge on any atom is -0.378 e. The van der Waals surface area contributed by atoms with E-state index in [1.165, 1.54) is 5.57 Å². The van der Waals surface area contributed by atoms with Gasteiger partial charge >= 0.3 is 0 Å². The van der Waals surface area contributed by atoms with Crippen molar-refractivity contribution in [2.75, 3.05) is 32.8 Å². The summed E-state index contributed by atoms with van der Waals surface area (Å²) in [6.45, 7) is 11.8. The lowest BCUT2D eigenvalue weighted by molar-refractivity contribution is -0.138. The Labute approximate surface area is 110 Å². The average molecular weight is 254 g/mol. The van der Waals surface area contributed by atoms with Crippen molar-refractivity contribution in [3.63, 3.8) is 0 Å². The quantitative estimate of drug-likeness (QED) is 0.755. The molecule has 0 bridgehead atoms. The van der Waals surface area contributed by atoms with Crippen molar-refractivity contribution in [1.82, 2.24) is 10.2 Å². The highest BCUT2D eigenvalue weighted by atomic mass is 16.5. The minimum absolute atomic E-state index is 0.0984. The highest BCUT2D eigenvalue weighted by Crippen LogP contribution is 2.08. The van der Waals surface area contributed by atoms with Crippen LogP contribution in [-0.2, 0) is 9.53 Å². The second-order valence-electron chi connectivity index (χ2n) is 5.35. The second-order valence-corrected chi connectivity index (χ2v) is 5.35. The lowest BCUT2D eigenvalue weighted by Gasteiger charge is -2.32. The Balaban J connectivity index is 2.54. The first-order valence-electron chi connectivity index (χ1n) is 6.75. The van der Waals surface area contributed by atoms with Gasteiger partial charge in [0.1, 0.15) is 0 Å². The molecule has 104 valence electrons. The lowest BCUT2D eigenvalue weighted by atomic mass is 10.0. The molecule has 1 saturated heterocycles. The molecule has 1 aliphatic heterocycles. The molecule has 1 heterocycles. The third-order valence-electron chi connectivity index (χ3n) is 3.10. The van der Waals surface area contributed by atoms with Crippen LogP contribution < -0.4 is 5.32 Å². The third kappa shape index (κ3) is 4.78. The third-order valence-corrected chi connectivity index (χ3v) is 3.10. The zero-order chi connectivity index (χ0) is 13.5. The standard InChI is InChI=1S/C14H26N2O2/c1-11(2)5-6-15-13(12(3)4)14(17)16-7-9-18-10-8-16/h5,12-13,15H,6-10H2,1-4H3/t13-/m1/s1. The van der Waals surface area contributed by atoms with Crippen LogP contribution in [0.5, 0.6) is 0 Å². The fourth-order valence-electron chi connectivity index (χ4n) is 1.98. The molecule has 0 radical (unpaired) electrons. The van der Waals surface area contributed by atoms with Gasteiger partial charge < -0.3 is 15.0 Å². The van der Waals surface area contributed by atoms with Crippen molar-refractivity contribution in [3.05, 3.63) is 11.6 Å². The van der Waals surface area contributed by atoms with E-state index in [0.29, 0.717) is 32.2 Å². The average Bonchev–Trinajstić information content (AvgIpc) is 2.34. The highest BCUT2D eigenvalue weighted by molar-refractivity contribution is 5.82. The normalized spacial score (nSPS) is 17.7. The number of rotatable bonds is 5. The summed E-state index contributed by atoms with van der Waals surface area (Å²) in [7, 11) is 0. The number of hydrogen-bond acceptors (Lipinski definition) is 3. The van der Waals surface area contributed by atoms with Crippen LogP contribution in [0.25, 0.3) is 0 Å². The number of hydrogen-bond donors (Lipinski definition) is 1. The Bertz CT molecular complexity index is 290. The van der Waals surface area contributed by atoms with Gasteiger partial charge in [-0.3, -0.25) is 4.79 Å². The SMILES string of the molecule is CC(C)=CCN[C@@H](C(=O)N1CCOCC1)C(C)C. The number of ether oxygens (including phenoxy) is 1. The van der Waals surface area contributed by atoms with E-state index in [4.69, 9.17) is 4.74 Å². The van der Waals surface area contributed by atoms with Crippen molar-refractivity contribution in [2.24, 2.45) is 5.92 Å². The monoisotopic (exact) mass is 254 g/mol. The summed E-state index contributed by atoms with van der Waals surface area (Å²) in [5.41, 5.74) is 1.27. The van der Waals surface area contributed by atoms with Crippen molar-refractivity contribution in [3.8, 4) is 0 Å². The lowest BCUT2D eigenvalue weighted by Crippen LogP contribution is -2.52. The maximum absolute atomic E-state index is 12.4. The van der Waals surface area contributed by atoms with Crippen molar-refractivity contribution < 1.29 is 9.53 Å². The van der Waals surface area contributed by atoms with Crippen LogP contribution in [0, 0.1) is 5.92 Å². The van der Waals surface area contributed by atoms with Crippen LogP contribution in [0.1, 0.15) is 27.7 Å². The van der Waals surface area contributed by atoms with Gasteiger partial charge in [0.2, 0.25) is 5.91 Å². The van der Waals surface area contributed by atoms with Crippen LogP contribution in [0.15, 0.2) is 11.6 Å². The minimum atomic E-state index is -0.0984. The number of carbonyl (C=O) groups excluding carboxylic acids is 1. The van der Waals surface area contributed by atoms with Crippen LogP contribution in [-0.4, -0.2) is 49.7 Å². The number of morpholine rings is 1. The predicted molar refractivity (Wildman–Crippen MR) is 73.5 cm³/mol. The van der Waals surface area contributed by atoms with Gasteiger partial charge in [-0.1, -0.05) is 25.5 Å². The first-order valence-corrected chi connectivity index (χ1v) is 6.75. The van der Waals surface area contributed by atoms with E-state index < -0.39 is 0 Å². The molecule has 1 rings (SSSR count). The number of carbonyl (C=O) groups is 1. The molecule has 1 amide bonds. The van der Waals surface area contributed by atoms with Crippen molar-refractivity contribution in [2.45, 2.75) is 33.7 Å². The van der Waals surface area contributed by atoms with Gasteiger partial charge in [-0.2, -0.15) is 0 Å². The van der Waals surface area contributed by atoms with Gasteiger partial charge in [-0.05, 0) is 19.8 Å². The van der Waals surface area contributed by atoms with Crippen molar-refractivity contribution in [1.29, 1.82) is 0 Å². The van der Waals surface area contributed by atoms with Gasteiger partial charge in [-0.25, -0.2) is 0 Å². The van der Waals surface area contributed by atoms with E-state index in [2.05, 4.69) is 39.1 Å². The fraction of sp³-hybridized carbons (Fsp3) is 0.786. The Morgan fingerprint density at radius 1 is 1.33 bits per heavy atom. The summed E-state index contributed by atoms with van der Waals surface area (Å²) in [6, 6.07) is -0.0984. The van der Waals surface area contributed by atoms with Crippen molar-refractivity contribution >= 4 is 5.91 Å². The molecule has 1 aliphatic rings. The molecule has 1 N–H and O–H groups in total. The molecule has 0 spiro atoms. The second kappa shape index (κ2) is 7.54. The molecule has 1 fully saturated rings. The summed E-state index contributed by atoms with van der Waals surface area (Å²) in [5, 5.41) is 3.34. The van der Waals surface area contributed by atoms with Gasteiger partial charge in [0.25, 0.3) is 0 Å². The van der Waals surface area contributed by atoms with E-state index in [1.54, 1.807) is 0 Å². The van der Waals surface area contributed by atoms with Crippen LogP contribution >= 0.6 is 0 Å². The van der Waals surface area contributed by atoms with E-state index in [-0.39, 0.29) is 11.9 Å². The summed E-state index contributed by atoms with van der Waals surface area (Å²) in [4.78, 5) is 14.3. The highest BCUT2D eigenvalue weighted by Gasteiger charge is 2.27. The molecule has 0 unspecified atom stereocenters. The largest absolute Gasteiger partial charge is 0.378 e. The molecule has 0 aromatic heterocycles. The van der Waals surface area contributed by atoms with E-state index in [1.807, 2.05) is 4.90 Å². The van der Waals surface area contributed by atoms with Gasteiger partial charge in [-0.15, -0.1) is 0 Å². The van der Waals surface area contributed by atoms with E-state index >= 15 is 0 Å². The first kappa shape index (κ1) is 15.2. The fourth-order valence-corrected chi connectivity index (χ4v) is 1.98. The van der Waals surface area contributed by atoms with Gasteiger partial charge in [0.05, 0.1) is 19.3 Å². The Hall–Kier alpha value is -0.870. The molecule has 1 atom stereocenters. The number of nitrogens with one attached hydrogen (secondary N) is 1. The maximum Gasteiger partial charge on any atom is 0.240 e. The smallest absolute Gasteiger partial charge is 0.240 e. The summed E-state index contributed by atoms with van der Waals surface area (Å²) in [5.74, 6) is 0.501. The summed E-state index contributed by atoms with van der Waals surface area (Å²) < 4.78 is 5.28. The zero-order valence-electron chi connectivity index (χ0n) is 12.0. The molecule has 18 heavy (non-hydrogen) atoms. The predicted octanol–water partition coefficient (Wildman–Crippen LogP) is 1.43. The molecular formula is C14H26N2O2. The summed E-state index contributed by atoms with van der Waals surface area (Å²) in [6.07, 6.45) is 2.11. The maximum atomic E-state index is 12.4. The molecule has 4 heteroatoms. The van der Waals surface area contributed by atoms with E-state index in [9.17, 15) is 4.79 Å². The molecule has 0 aromatic carbocycles. The molecular weight excluding hydrogens is 228 g/mol. The Morgan fingerprint density at radius 3 is 2.44 bits per heavy atom. The number of nitrogens with zero attached hydrogens (tertiary/aromatic N) is 1. The van der Waals surface area contributed by atoms with E-state index in [0.717, 1.165) is 6.54 Å². The zero-order valence-corrected chi connectivity index (χ0v) is 12.0. The number of amides is 1. The number of allylic oxidation sites excluding steroid dienone is 1. The van der Waals surface area contributed by atoms with Crippen LogP contribution in [0.3, 0.4) is 0 Å². The Morgan fingerprint density at radius 2 is 1.94 bits per heavy atom. The Kier molecular flexibility index (Phi) is 6.36. The van der Waals surface area contributed by atoms with Gasteiger partial charge in [0.15, 0.2) is 0 Å². The van der Waals surface area contributed by atoms with Crippen LogP contribution in [0.2, 0.25) is 0 Å². The van der Waals surface area contributed by atoms with Crippen LogP contribution in [0.4, 0.5) is 0 Å². The first-order chi connectivity index (χ1) is 8.52. The molecule has 4 nitrogen and oxygen atoms in total. The topological polar surface area (TPSA) is 41.6 Å². The summed E-state index contributed by atoms with van der Waals surface area (Å²) >= 11 is 0.